The average molecular weight is 504 g/mol. The Morgan fingerprint density at radius 3 is 2.59 bits per heavy atom. The van der Waals surface area contributed by atoms with Crippen molar-refractivity contribution in [2.45, 2.75) is 17.1 Å². The van der Waals surface area contributed by atoms with Gasteiger partial charge in [-0.3, -0.25) is 4.79 Å². The van der Waals surface area contributed by atoms with Crippen LogP contribution in [0.2, 0.25) is 0 Å². The van der Waals surface area contributed by atoms with Crippen LogP contribution in [0.15, 0.2) is 46.9 Å². The number of carboxylic acid groups (broad SMARTS) is 1. The molecule has 1 aromatic carbocycles. The number of benzene rings is 1. The SMILES string of the molecule is COc1ccc2c(c1)c(CCC(=O)O)cn2S(=O)(=O)c1ccc(-c2cnc(OC)nc2OC)s1. The molecule has 1 N–H and O–H groups in total. The molecule has 4 rings (SSSR count). The lowest BCUT2D eigenvalue weighted by atomic mass is 10.1. The molecule has 0 radical (unpaired) electrons. The van der Waals surface area contributed by atoms with Crippen LogP contribution >= 0.6 is 11.3 Å². The molecule has 178 valence electrons. The zero-order chi connectivity index (χ0) is 24.5. The van der Waals surface area contributed by atoms with Crippen LogP contribution in [0.3, 0.4) is 0 Å². The fourth-order valence-corrected chi connectivity index (χ4v) is 6.27. The van der Waals surface area contributed by atoms with Gasteiger partial charge in [0.25, 0.3) is 10.0 Å². The monoisotopic (exact) mass is 503 g/mol. The average Bonchev–Trinajstić information content (AvgIpc) is 3.48. The van der Waals surface area contributed by atoms with E-state index in [2.05, 4.69) is 9.97 Å². The van der Waals surface area contributed by atoms with Gasteiger partial charge in [-0.05, 0) is 42.3 Å². The summed E-state index contributed by atoms with van der Waals surface area (Å²) in [5, 5.41) is 9.72. The smallest absolute Gasteiger partial charge is 0.319 e. The van der Waals surface area contributed by atoms with Gasteiger partial charge in [-0.2, -0.15) is 13.4 Å². The van der Waals surface area contributed by atoms with Crippen LogP contribution in [0.25, 0.3) is 21.3 Å². The van der Waals surface area contributed by atoms with Crippen molar-refractivity contribution in [2.24, 2.45) is 0 Å². The minimum Gasteiger partial charge on any atom is -0.497 e. The Hall–Kier alpha value is -3.64. The summed E-state index contributed by atoms with van der Waals surface area (Å²) in [5.41, 5.74) is 1.56. The number of carboxylic acids is 1. The summed E-state index contributed by atoms with van der Waals surface area (Å²) in [6, 6.07) is 8.31. The lowest BCUT2D eigenvalue weighted by Gasteiger charge is -2.07. The first-order valence-electron chi connectivity index (χ1n) is 9.99. The summed E-state index contributed by atoms with van der Waals surface area (Å²) in [4.78, 5) is 19.9. The van der Waals surface area contributed by atoms with Gasteiger partial charge in [-0.15, -0.1) is 11.3 Å². The van der Waals surface area contributed by atoms with Gasteiger partial charge in [0.1, 0.15) is 9.96 Å². The second-order valence-electron chi connectivity index (χ2n) is 7.13. The number of hydrogen-bond acceptors (Lipinski definition) is 9. The third-order valence-corrected chi connectivity index (χ3v) is 8.40. The molecule has 0 aliphatic rings. The zero-order valence-corrected chi connectivity index (χ0v) is 20.1. The van der Waals surface area contributed by atoms with Gasteiger partial charge in [0, 0.05) is 29.1 Å². The number of aryl methyl sites for hydroxylation is 1. The van der Waals surface area contributed by atoms with Gasteiger partial charge in [0.15, 0.2) is 0 Å². The maximum Gasteiger partial charge on any atom is 0.319 e. The molecule has 4 aromatic rings. The van der Waals surface area contributed by atoms with Gasteiger partial charge in [-0.1, -0.05) is 0 Å². The topological polar surface area (TPSA) is 130 Å². The predicted molar refractivity (Wildman–Crippen MR) is 125 cm³/mol. The quantitative estimate of drug-likeness (QED) is 0.365. The number of carbonyl (C=O) groups is 1. The van der Waals surface area contributed by atoms with Gasteiger partial charge < -0.3 is 19.3 Å². The first-order valence-corrected chi connectivity index (χ1v) is 12.2. The van der Waals surface area contributed by atoms with Gasteiger partial charge >= 0.3 is 12.0 Å². The number of rotatable bonds is 9. The van der Waals surface area contributed by atoms with Crippen LogP contribution in [0.1, 0.15) is 12.0 Å². The number of thiophene rings is 1. The highest BCUT2D eigenvalue weighted by Gasteiger charge is 2.25. The Balaban J connectivity index is 1.80. The first-order chi connectivity index (χ1) is 16.3. The van der Waals surface area contributed by atoms with E-state index >= 15 is 0 Å². The Morgan fingerprint density at radius 1 is 1.12 bits per heavy atom. The van der Waals surface area contributed by atoms with Crippen LogP contribution in [-0.4, -0.2) is 54.8 Å². The second kappa shape index (κ2) is 9.31. The standard InChI is InChI=1S/C22H21N3O7S2/c1-30-14-5-6-17-15(10-14)13(4-8-19(26)27)12-25(17)34(28,29)20-9-7-18(33-20)16-11-23-22(32-3)24-21(16)31-2/h5-7,9-12H,4,8H2,1-3H3,(H,26,27). The number of fused-ring (bicyclic) bond motifs is 1. The van der Waals surface area contributed by atoms with Crippen LogP contribution in [0.5, 0.6) is 17.6 Å². The molecular formula is C22H21N3O7S2. The molecule has 0 atom stereocenters. The van der Waals surface area contributed by atoms with Crippen molar-refractivity contribution >= 4 is 38.2 Å². The van der Waals surface area contributed by atoms with Crippen molar-refractivity contribution in [3.63, 3.8) is 0 Å². The number of methoxy groups -OCH3 is 3. The van der Waals surface area contributed by atoms with E-state index in [1.54, 1.807) is 24.3 Å². The van der Waals surface area contributed by atoms with Crippen molar-refractivity contribution in [3.8, 4) is 28.1 Å². The zero-order valence-electron chi connectivity index (χ0n) is 18.5. The number of nitrogens with zero attached hydrogens (tertiary/aromatic N) is 3. The molecular weight excluding hydrogens is 482 g/mol. The Morgan fingerprint density at radius 2 is 1.91 bits per heavy atom. The number of aliphatic carboxylic acids is 1. The van der Waals surface area contributed by atoms with Gasteiger partial charge in [0.05, 0.1) is 32.4 Å². The number of ether oxygens (including phenoxy) is 3. The van der Waals surface area contributed by atoms with E-state index in [0.29, 0.717) is 32.7 Å². The van der Waals surface area contributed by atoms with Crippen molar-refractivity contribution < 1.29 is 32.5 Å². The van der Waals surface area contributed by atoms with Crippen LogP contribution in [0, 0.1) is 0 Å². The molecule has 34 heavy (non-hydrogen) atoms. The normalized spacial score (nSPS) is 11.5. The molecule has 0 unspecified atom stereocenters. The minimum atomic E-state index is -3.98. The summed E-state index contributed by atoms with van der Waals surface area (Å²) in [6.45, 7) is 0. The predicted octanol–water partition coefficient (Wildman–Crippen LogP) is 3.44. The fraction of sp³-hybridized carbons (Fsp3) is 0.227. The lowest BCUT2D eigenvalue weighted by molar-refractivity contribution is -0.136. The van der Waals surface area contributed by atoms with E-state index in [1.165, 1.54) is 43.8 Å². The van der Waals surface area contributed by atoms with Crippen LogP contribution in [-0.2, 0) is 21.2 Å². The molecule has 12 heteroatoms. The molecule has 10 nitrogen and oxygen atoms in total. The van der Waals surface area contributed by atoms with Crippen LogP contribution < -0.4 is 14.2 Å². The molecule has 0 fully saturated rings. The van der Waals surface area contributed by atoms with Crippen molar-refractivity contribution in [2.75, 3.05) is 21.3 Å². The fourth-order valence-electron chi connectivity index (χ4n) is 3.49. The summed E-state index contributed by atoms with van der Waals surface area (Å²) in [7, 11) is 0.419. The van der Waals surface area contributed by atoms with Gasteiger partial charge in [-0.25, -0.2) is 8.96 Å². The third-order valence-electron chi connectivity index (χ3n) is 5.14. The van der Waals surface area contributed by atoms with E-state index in [4.69, 9.17) is 19.3 Å². The summed E-state index contributed by atoms with van der Waals surface area (Å²) in [6.07, 6.45) is 3.03. The largest absolute Gasteiger partial charge is 0.497 e. The van der Waals surface area contributed by atoms with Crippen molar-refractivity contribution in [1.82, 2.24) is 13.9 Å². The molecule has 3 aromatic heterocycles. The van der Waals surface area contributed by atoms with E-state index < -0.39 is 16.0 Å². The van der Waals surface area contributed by atoms with Crippen molar-refractivity contribution in [1.29, 1.82) is 0 Å². The Kier molecular flexibility index (Phi) is 6.44. The van der Waals surface area contributed by atoms with E-state index in [-0.39, 0.29) is 28.9 Å². The first kappa shape index (κ1) is 23.5. The maximum absolute atomic E-state index is 13.6. The van der Waals surface area contributed by atoms with E-state index in [9.17, 15) is 13.2 Å². The van der Waals surface area contributed by atoms with Crippen LogP contribution in [0.4, 0.5) is 0 Å². The maximum atomic E-state index is 13.6. The highest BCUT2D eigenvalue weighted by Crippen LogP contribution is 2.38. The molecule has 0 amide bonds. The highest BCUT2D eigenvalue weighted by atomic mass is 32.2. The molecule has 0 saturated carbocycles. The molecule has 3 heterocycles. The minimum absolute atomic E-state index is 0.0953. The van der Waals surface area contributed by atoms with E-state index in [0.717, 1.165) is 11.3 Å². The Bertz CT molecular complexity index is 1480. The number of aromatic nitrogens is 3. The van der Waals surface area contributed by atoms with Gasteiger partial charge in [0.2, 0.25) is 5.88 Å². The highest BCUT2D eigenvalue weighted by molar-refractivity contribution is 7.92. The molecule has 0 aliphatic heterocycles. The summed E-state index contributed by atoms with van der Waals surface area (Å²) >= 11 is 1.05. The molecule has 0 aliphatic carbocycles. The molecule has 0 bridgehead atoms. The van der Waals surface area contributed by atoms with E-state index in [1.807, 2.05) is 0 Å². The molecule has 0 spiro atoms. The second-order valence-corrected chi connectivity index (χ2v) is 10.3. The third kappa shape index (κ3) is 4.29. The summed E-state index contributed by atoms with van der Waals surface area (Å²) < 4.78 is 44.1. The summed E-state index contributed by atoms with van der Waals surface area (Å²) in [5.74, 6) is -0.165. The van der Waals surface area contributed by atoms with Crippen molar-refractivity contribution in [3.05, 3.63) is 48.3 Å². The number of hydrogen-bond donors (Lipinski definition) is 1. The lowest BCUT2D eigenvalue weighted by Crippen LogP contribution is -2.10. The molecule has 0 saturated heterocycles. The Labute approximate surface area is 199 Å².